The van der Waals surface area contributed by atoms with Crippen molar-refractivity contribution in [3.05, 3.63) is 84.4 Å². The molecule has 0 spiro atoms. The predicted molar refractivity (Wildman–Crippen MR) is 109 cm³/mol. The van der Waals surface area contributed by atoms with E-state index < -0.39 is 0 Å². The first-order valence-electron chi connectivity index (χ1n) is 8.72. The van der Waals surface area contributed by atoms with Gasteiger partial charge in [-0.1, -0.05) is 0 Å². The Bertz CT molecular complexity index is 974. The second-order valence-electron chi connectivity index (χ2n) is 5.71. The van der Waals surface area contributed by atoms with Gasteiger partial charge in [0.25, 0.3) is 5.91 Å². The first-order chi connectivity index (χ1) is 14.2. The maximum atomic E-state index is 12.2. The SMILES string of the molecule is COc1ccc(OC/C(N=Cc2ccncc2)=N\NC(=O)c2ccncc2)cc1. The zero-order valence-corrected chi connectivity index (χ0v) is 15.7. The molecule has 0 atom stereocenters. The molecule has 3 aromatic rings. The lowest BCUT2D eigenvalue weighted by molar-refractivity contribution is 0.0954. The largest absolute Gasteiger partial charge is 0.497 e. The van der Waals surface area contributed by atoms with Crippen molar-refractivity contribution in [2.45, 2.75) is 0 Å². The first-order valence-corrected chi connectivity index (χ1v) is 8.72. The van der Waals surface area contributed by atoms with Gasteiger partial charge < -0.3 is 9.47 Å². The summed E-state index contributed by atoms with van der Waals surface area (Å²) in [5.41, 5.74) is 3.77. The molecular formula is C21H19N5O3. The number of amidine groups is 1. The molecule has 29 heavy (non-hydrogen) atoms. The molecule has 0 unspecified atom stereocenters. The van der Waals surface area contributed by atoms with Gasteiger partial charge in [-0.2, -0.15) is 5.10 Å². The lowest BCUT2D eigenvalue weighted by Gasteiger charge is -2.07. The van der Waals surface area contributed by atoms with Crippen LogP contribution in [0.25, 0.3) is 0 Å². The lowest BCUT2D eigenvalue weighted by Crippen LogP contribution is -2.21. The fourth-order valence-electron chi connectivity index (χ4n) is 2.20. The standard InChI is InChI=1S/C21H19N5O3/c1-28-18-2-4-19(5-3-18)29-15-20(24-14-16-6-10-22-11-7-16)25-26-21(27)17-8-12-23-13-9-17/h2-14H,15H2,1H3,(H,26,27)/b24-14?,25-20+. The molecule has 1 aromatic carbocycles. The van der Waals surface area contributed by atoms with E-state index in [2.05, 4.69) is 25.5 Å². The van der Waals surface area contributed by atoms with Gasteiger partial charge in [-0.05, 0) is 54.1 Å². The third-order valence-electron chi connectivity index (χ3n) is 3.73. The number of ether oxygens (including phenoxy) is 2. The van der Waals surface area contributed by atoms with Gasteiger partial charge in [0, 0.05) is 36.6 Å². The highest BCUT2D eigenvalue weighted by molar-refractivity contribution is 5.98. The van der Waals surface area contributed by atoms with Crippen LogP contribution < -0.4 is 14.9 Å². The molecule has 2 heterocycles. The van der Waals surface area contributed by atoms with E-state index in [0.29, 0.717) is 17.1 Å². The normalized spacial score (nSPS) is 11.3. The van der Waals surface area contributed by atoms with Crippen molar-refractivity contribution in [3.8, 4) is 11.5 Å². The maximum absolute atomic E-state index is 12.2. The Hall–Kier alpha value is -4.07. The molecule has 0 aliphatic carbocycles. The summed E-state index contributed by atoms with van der Waals surface area (Å²) in [5.74, 6) is 1.28. The van der Waals surface area contributed by atoms with Gasteiger partial charge in [-0.15, -0.1) is 0 Å². The van der Waals surface area contributed by atoms with Crippen LogP contribution in [0.3, 0.4) is 0 Å². The van der Waals surface area contributed by atoms with Gasteiger partial charge >= 0.3 is 0 Å². The highest BCUT2D eigenvalue weighted by Crippen LogP contribution is 2.16. The second kappa shape index (κ2) is 10.3. The van der Waals surface area contributed by atoms with E-state index in [9.17, 15) is 4.79 Å². The zero-order valence-electron chi connectivity index (χ0n) is 15.7. The monoisotopic (exact) mass is 389 g/mol. The molecule has 1 N–H and O–H groups in total. The predicted octanol–water partition coefficient (Wildman–Crippen LogP) is 2.73. The van der Waals surface area contributed by atoms with E-state index in [0.717, 1.165) is 11.3 Å². The average molecular weight is 389 g/mol. The molecule has 0 aliphatic heterocycles. The first kappa shape index (κ1) is 19.7. The summed E-state index contributed by atoms with van der Waals surface area (Å²) in [7, 11) is 1.60. The minimum atomic E-state index is -0.367. The van der Waals surface area contributed by atoms with Crippen molar-refractivity contribution in [3.63, 3.8) is 0 Å². The molecule has 146 valence electrons. The number of carbonyl (C=O) groups is 1. The average Bonchev–Trinajstić information content (AvgIpc) is 2.80. The maximum Gasteiger partial charge on any atom is 0.271 e. The van der Waals surface area contributed by atoms with Crippen molar-refractivity contribution in [1.82, 2.24) is 15.4 Å². The van der Waals surface area contributed by atoms with Crippen LogP contribution in [0.2, 0.25) is 0 Å². The highest BCUT2D eigenvalue weighted by Gasteiger charge is 2.05. The molecule has 2 aromatic heterocycles. The molecule has 1 amide bonds. The molecule has 8 nitrogen and oxygen atoms in total. The number of hydrogen-bond acceptors (Lipinski definition) is 6. The number of rotatable bonds is 7. The molecule has 8 heteroatoms. The van der Waals surface area contributed by atoms with E-state index in [1.807, 2.05) is 0 Å². The topological polar surface area (TPSA) is 98.1 Å². The van der Waals surface area contributed by atoms with E-state index in [-0.39, 0.29) is 12.5 Å². The Morgan fingerprint density at radius 1 is 0.966 bits per heavy atom. The summed E-state index contributed by atoms with van der Waals surface area (Å²) >= 11 is 0. The highest BCUT2D eigenvalue weighted by atomic mass is 16.5. The zero-order chi connectivity index (χ0) is 20.3. The number of nitrogens with one attached hydrogen (secondary N) is 1. The van der Waals surface area contributed by atoms with Crippen LogP contribution in [0.5, 0.6) is 11.5 Å². The Morgan fingerprint density at radius 2 is 1.59 bits per heavy atom. The summed E-state index contributed by atoms with van der Waals surface area (Å²) in [5, 5.41) is 4.10. The van der Waals surface area contributed by atoms with Crippen LogP contribution in [-0.4, -0.2) is 41.6 Å². The third-order valence-corrected chi connectivity index (χ3v) is 3.73. The Balaban J connectivity index is 1.71. The quantitative estimate of drug-likeness (QED) is 0.381. The van der Waals surface area contributed by atoms with Crippen LogP contribution in [0.1, 0.15) is 15.9 Å². The van der Waals surface area contributed by atoms with Gasteiger partial charge in [0.15, 0.2) is 5.84 Å². The van der Waals surface area contributed by atoms with E-state index in [1.54, 1.807) is 74.2 Å². The van der Waals surface area contributed by atoms with E-state index in [1.165, 1.54) is 12.4 Å². The van der Waals surface area contributed by atoms with Gasteiger partial charge in [0.05, 0.1) is 7.11 Å². The molecule has 0 saturated carbocycles. The number of carbonyl (C=O) groups excluding carboxylic acids is 1. The van der Waals surface area contributed by atoms with Crippen LogP contribution in [0.15, 0.2) is 83.4 Å². The van der Waals surface area contributed by atoms with Gasteiger partial charge in [0.1, 0.15) is 18.1 Å². The Labute approximate surface area is 168 Å². The van der Waals surface area contributed by atoms with Gasteiger partial charge in [-0.3, -0.25) is 14.8 Å². The minimum Gasteiger partial charge on any atom is -0.497 e. The number of nitrogens with zero attached hydrogens (tertiary/aromatic N) is 4. The Kier molecular flexibility index (Phi) is 7.00. The fraction of sp³-hybridized carbons (Fsp3) is 0.0952. The van der Waals surface area contributed by atoms with Crippen molar-refractivity contribution in [2.75, 3.05) is 13.7 Å². The minimum absolute atomic E-state index is 0.0601. The number of hydrazone groups is 1. The van der Waals surface area contributed by atoms with E-state index in [4.69, 9.17) is 9.47 Å². The molecule has 0 fully saturated rings. The van der Waals surface area contributed by atoms with Gasteiger partial charge in [-0.25, -0.2) is 10.4 Å². The van der Waals surface area contributed by atoms with Crippen LogP contribution in [0, 0.1) is 0 Å². The number of aliphatic imine (C=N–C) groups is 1. The van der Waals surface area contributed by atoms with E-state index >= 15 is 0 Å². The number of hydrogen-bond donors (Lipinski definition) is 1. The molecule has 0 saturated heterocycles. The number of methoxy groups -OCH3 is 1. The number of benzene rings is 1. The lowest BCUT2D eigenvalue weighted by atomic mass is 10.3. The second-order valence-corrected chi connectivity index (χ2v) is 5.71. The van der Waals surface area contributed by atoms with Crippen molar-refractivity contribution in [2.24, 2.45) is 10.1 Å². The fourth-order valence-corrected chi connectivity index (χ4v) is 2.20. The number of amides is 1. The van der Waals surface area contributed by atoms with Crippen LogP contribution in [0.4, 0.5) is 0 Å². The molecule has 0 aliphatic rings. The van der Waals surface area contributed by atoms with Crippen molar-refractivity contribution >= 4 is 18.0 Å². The van der Waals surface area contributed by atoms with Crippen LogP contribution >= 0.6 is 0 Å². The van der Waals surface area contributed by atoms with Gasteiger partial charge in [0.2, 0.25) is 0 Å². The Morgan fingerprint density at radius 3 is 2.24 bits per heavy atom. The molecule has 3 rings (SSSR count). The molecule has 0 radical (unpaired) electrons. The number of aromatic nitrogens is 2. The van der Waals surface area contributed by atoms with Crippen LogP contribution in [-0.2, 0) is 0 Å². The summed E-state index contributed by atoms with van der Waals surface area (Å²) in [6.45, 7) is 0.0601. The van der Waals surface area contributed by atoms with Crippen molar-refractivity contribution < 1.29 is 14.3 Å². The number of pyridine rings is 2. The third kappa shape index (κ3) is 6.24. The molecule has 0 bridgehead atoms. The summed E-state index contributed by atoms with van der Waals surface area (Å²) in [4.78, 5) is 24.4. The summed E-state index contributed by atoms with van der Waals surface area (Å²) in [6, 6.07) is 13.9. The molecular weight excluding hydrogens is 370 g/mol. The smallest absolute Gasteiger partial charge is 0.271 e. The van der Waals surface area contributed by atoms with Crippen molar-refractivity contribution in [1.29, 1.82) is 0 Å². The summed E-state index contributed by atoms with van der Waals surface area (Å²) < 4.78 is 10.8. The summed E-state index contributed by atoms with van der Waals surface area (Å²) in [6.07, 6.45) is 8.02.